The van der Waals surface area contributed by atoms with E-state index in [1.807, 2.05) is 53.4 Å². The van der Waals surface area contributed by atoms with E-state index in [2.05, 4.69) is 10.6 Å². The summed E-state index contributed by atoms with van der Waals surface area (Å²) in [5.74, 6) is -0.426. The molecule has 1 saturated heterocycles. The molecule has 7 nitrogen and oxygen atoms in total. The number of amides is 1. The van der Waals surface area contributed by atoms with Crippen LogP contribution in [0.2, 0.25) is 0 Å². The molecule has 2 aliphatic rings. The summed E-state index contributed by atoms with van der Waals surface area (Å²) in [5.41, 5.74) is 7.47. The van der Waals surface area contributed by atoms with Gasteiger partial charge in [-0.15, -0.1) is 0 Å². The average molecular weight is 639 g/mol. The number of halogens is 1. The number of aromatic carboxylic acids is 1. The van der Waals surface area contributed by atoms with Crippen LogP contribution in [0.25, 0.3) is 55.7 Å². The predicted molar refractivity (Wildman–Crippen MR) is 186 cm³/mol. The fraction of sp³-hybridized carbons (Fsp3) is 0.250. The number of carbonyl (C=O) groups excluding carboxylic acids is 1. The van der Waals surface area contributed by atoms with Crippen LogP contribution >= 0.6 is 0 Å². The number of fused-ring (bicyclic) bond motifs is 2. The molecule has 0 unspecified atom stereocenters. The number of pyridine rings is 1. The molecule has 1 aliphatic heterocycles. The number of aromatic nitrogens is 3. The average Bonchev–Trinajstić information content (AvgIpc) is 3.80. The number of likely N-dealkylation sites (tertiary alicyclic amines) is 1. The molecule has 1 N–H and O–H groups in total. The summed E-state index contributed by atoms with van der Waals surface area (Å²) in [6.45, 7) is 1.53. The lowest BCUT2D eigenvalue weighted by atomic mass is 9.94. The van der Waals surface area contributed by atoms with Gasteiger partial charge in [0.1, 0.15) is 11.6 Å². The van der Waals surface area contributed by atoms with Gasteiger partial charge in [-0.1, -0.05) is 43.5 Å². The minimum atomic E-state index is -0.966. The molecule has 48 heavy (non-hydrogen) atoms. The number of benzene rings is 4. The number of nitrogens with zero attached hydrogens (tertiary/aromatic N) is 4. The van der Waals surface area contributed by atoms with Gasteiger partial charge in [0.15, 0.2) is 0 Å². The molecular formula is C40H35FN4O3. The van der Waals surface area contributed by atoms with Crippen LogP contribution in [0.4, 0.5) is 4.39 Å². The third-order valence-electron chi connectivity index (χ3n) is 9.91. The van der Waals surface area contributed by atoms with Crippen molar-refractivity contribution in [3.05, 3.63) is 108 Å². The highest BCUT2D eigenvalue weighted by Crippen LogP contribution is 2.38. The lowest BCUT2D eigenvalue weighted by Crippen LogP contribution is -2.27. The third kappa shape index (κ3) is 5.51. The Morgan fingerprint density at radius 2 is 1.44 bits per heavy atom. The molecule has 3 heterocycles. The van der Waals surface area contributed by atoms with Crippen molar-refractivity contribution >= 4 is 33.8 Å². The summed E-state index contributed by atoms with van der Waals surface area (Å²) >= 11 is 0. The lowest BCUT2D eigenvalue weighted by Gasteiger charge is -2.25. The molecule has 0 atom stereocenters. The quantitative estimate of drug-likeness (QED) is 0.197. The summed E-state index contributed by atoms with van der Waals surface area (Å²) in [4.78, 5) is 37.1. The van der Waals surface area contributed by atoms with E-state index in [-0.39, 0.29) is 17.3 Å². The molecule has 8 rings (SSSR count). The Bertz CT molecular complexity index is 2200. The second-order valence-electron chi connectivity index (χ2n) is 13.0. The minimum absolute atomic E-state index is 0.0150. The number of imidazole rings is 1. The van der Waals surface area contributed by atoms with Crippen molar-refractivity contribution in [2.45, 2.75) is 51.0 Å². The van der Waals surface area contributed by atoms with Crippen molar-refractivity contribution in [1.82, 2.24) is 19.4 Å². The molecule has 1 amide bonds. The highest BCUT2D eigenvalue weighted by atomic mass is 19.1. The molecule has 0 bridgehead atoms. The van der Waals surface area contributed by atoms with E-state index in [9.17, 15) is 19.1 Å². The molecule has 4 aromatic carbocycles. The standard InChI is InChI=1S/C40H35FN4O3/c41-30-14-8-25(9-15-30)32-16-10-28(39(46)44-20-4-5-21-44)23-33(32)35-18-11-26-22-27(12-17-34(26)42-35)38-43-36-24-29(40(47)48)13-19-37(36)45(38)31-6-2-1-3-7-31/h8-19,22-24,31H,1-7,20-21H2,(H,47,48). The van der Waals surface area contributed by atoms with E-state index in [1.165, 1.54) is 18.6 Å². The van der Waals surface area contributed by atoms with Crippen LogP contribution in [0.15, 0.2) is 91.0 Å². The van der Waals surface area contributed by atoms with Gasteiger partial charge in [-0.3, -0.25) is 4.79 Å². The van der Waals surface area contributed by atoms with Crippen molar-refractivity contribution in [2.24, 2.45) is 0 Å². The van der Waals surface area contributed by atoms with E-state index < -0.39 is 5.97 Å². The second kappa shape index (κ2) is 12.3. The number of carboxylic acid groups (broad SMARTS) is 1. The fourth-order valence-corrected chi connectivity index (χ4v) is 7.43. The Balaban J connectivity index is 1.22. The first-order chi connectivity index (χ1) is 23.4. The Hall–Kier alpha value is -5.37. The smallest absolute Gasteiger partial charge is 0.335 e. The largest absolute Gasteiger partial charge is 0.478 e. The van der Waals surface area contributed by atoms with Gasteiger partial charge < -0.3 is 14.6 Å². The van der Waals surface area contributed by atoms with Crippen LogP contribution in [-0.4, -0.2) is 49.5 Å². The van der Waals surface area contributed by atoms with Gasteiger partial charge in [0.25, 0.3) is 5.91 Å². The predicted octanol–water partition coefficient (Wildman–Crippen LogP) is 9.16. The van der Waals surface area contributed by atoms with E-state index in [0.717, 1.165) is 102 Å². The number of hydrogen-bond donors (Lipinski definition) is 1. The van der Waals surface area contributed by atoms with Crippen molar-refractivity contribution < 1.29 is 19.1 Å². The van der Waals surface area contributed by atoms with E-state index in [0.29, 0.717) is 17.1 Å². The highest BCUT2D eigenvalue weighted by molar-refractivity contribution is 5.98. The normalized spacial score (nSPS) is 15.4. The first-order valence-electron chi connectivity index (χ1n) is 16.8. The van der Waals surface area contributed by atoms with Gasteiger partial charge in [-0.05, 0) is 104 Å². The van der Waals surface area contributed by atoms with Crippen LogP contribution in [0, 0.1) is 5.82 Å². The van der Waals surface area contributed by atoms with Gasteiger partial charge in [0.05, 0.1) is 27.8 Å². The zero-order valence-electron chi connectivity index (χ0n) is 26.5. The summed E-state index contributed by atoms with van der Waals surface area (Å²) < 4.78 is 16.2. The number of hydrogen-bond acceptors (Lipinski definition) is 4. The summed E-state index contributed by atoms with van der Waals surface area (Å²) in [6.07, 6.45) is 7.70. The summed E-state index contributed by atoms with van der Waals surface area (Å²) in [6, 6.07) is 27.8. The number of carbonyl (C=O) groups is 2. The Morgan fingerprint density at radius 3 is 2.21 bits per heavy atom. The molecule has 1 saturated carbocycles. The molecule has 0 radical (unpaired) electrons. The maximum Gasteiger partial charge on any atom is 0.335 e. The molecule has 0 spiro atoms. The molecule has 6 aromatic rings. The van der Waals surface area contributed by atoms with Crippen LogP contribution in [0.5, 0.6) is 0 Å². The van der Waals surface area contributed by atoms with Crippen LogP contribution in [-0.2, 0) is 0 Å². The van der Waals surface area contributed by atoms with E-state index >= 15 is 0 Å². The Labute approximate surface area is 277 Å². The second-order valence-corrected chi connectivity index (χ2v) is 13.0. The van der Waals surface area contributed by atoms with Crippen molar-refractivity contribution in [2.75, 3.05) is 13.1 Å². The summed E-state index contributed by atoms with van der Waals surface area (Å²) in [5, 5.41) is 10.6. The van der Waals surface area contributed by atoms with E-state index in [4.69, 9.17) is 9.97 Å². The van der Waals surface area contributed by atoms with Crippen molar-refractivity contribution in [3.63, 3.8) is 0 Å². The highest BCUT2D eigenvalue weighted by Gasteiger charge is 2.24. The first kappa shape index (κ1) is 30.0. The van der Waals surface area contributed by atoms with Gasteiger partial charge in [0, 0.05) is 41.2 Å². The van der Waals surface area contributed by atoms with E-state index in [1.54, 1.807) is 24.3 Å². The van der Waals surface area contributed by atoms with Gasteiger partial charge in [0.2, 0.25) is 0 Å². The van der Waals surface area contributed by atoms with Gasteiger partial charge >= 0.3 is 5.97 Å². The Kier molecular flexibility index (Phi) is 7.71. The molecular weight excluding hydrogens is 603 g/mol. The molecule has 8 heteroatoms. The Morgan fingerprint density at radius 1 is 0.688 bits per heavy atom. The fourth-order valence-electron chi connectivity index (χ4n) is 7.43. The van der Waals surface area contributed by atoms with Crippen LogP contribution in [0.1, 0.15) is 71.7 Å². The maximum atomic E-state index is 13.8. The zero-order valence-corrected chi connectivity index (χ0v) is 26.5. The van der Waals surface area contributed by atoms with Crippen LogP contribution in [0.3, 0.4) is 0 Å². The SMILES string of the molecule is O=C(O)c1ccc2c(c1)nc(-c1ccc3nc(-c4cc(C(=O)N5CCCC5)ccc4-c4ccc(F)cc4)ccc3c1)n2C1CCCCC1. The molecule has 240 valence electrons. The molecule has 2 fully saturated rings. The van der Waals surface area contributed by atoms with Gasteiger partial charge in [-0.2, -0.15) is 0 Å². The minimum Gasteiger partial charge on any atom is -0.478 e. The number of rotatable bonds is 6. The van der Waals surface area contributed by atoms with Crippen molar-refractivity contribution in [3.8, 4) is 33.8 Å². The van der Waals surface area contributed by atoms with Crippen LogP contribution < -0.4 is 0 Å². The topological polar surface area (TPSA) is 88.3 Å². The monoisotopic (exact) mass is 638 g/mol. The third-order valence-corrected chi connectivity index (χ3v) is 9.91. The van der Waals surface area contributed by atoms with Gasteiger partial charge in [-0.25, -0.2) is 19.2 Å². The maximum absolute atomic E-state index is 13.8. The summed E-state index contributed by atoms with van der Waals surface area (Å²) in [7, 11) is 0. The van der Waals surface area contributed by atoms with Crippen molar-refractivity contribution in [1.29, 1.82) is 0 Å². The zero-order chi connectivity index (χ0) is 32.8. The first-order valence-corrected chi connectivity index (χ1v) is 16.8. The number of carboxylic acids is 1. The molecule has 2 aromatic heterocycles. The molecule has 1 aliphatic carbocycles. The lowest BCUT2D eigenvalue weighted by molar-refractivity contribution is 0.0696.